The van der Waals surface area contributed by atoms with Gasteiger partial charge in [0.05, 0.1) is 0 Å². The molecule has 1 aromatic carbocycles. The highest BCUT2D eigenvalue weighted by Gasteiger charge is 2.27. The van der Waals surface area contributed by atoms with Crippen LogP contribution in [0.4, 0.5) is 0 Å². The zero-order valence-electron chi connectivity index (χ0n) is 12.5. The van der Waals surface area contributed by atoms with Gasteiger partial charge in [-0.05, 0) is 49.7 Å². The maximum absolute atomic E-state index is 12.6. The molecule has 0 N–H and O–H groups in total. The third kappa shape index (κ3) is 3.53. The molecule has 1 aliphatic heterocycles. The second-order valence-electron chi connectivity index (χ2n) is 5.89. The first kappa shape index (κ1) is 15.3. The van der Waals surface area contributed by atoms with Crippen LogP contribution in [0.2, 0.25) is 5.02 Å². The molecular formula is C16H23ClN2O. The van der Waals surface area contributed by atoms with E-state index in [9.17, 15) is 4.79 Å². The lowest BCUT2D eigenvalue weighted by atomic mass is 10.00. The number of carbonyl (C=O) groups is 1. The van der Waals surface area contributed by atoms with Crippen LogP contribution in [0, 0.1) is 5.92 Å². The monoisotopic (exact) mass is 294 g/mol. The summed E-state index contributed by atoms with van der Waals surface area (Å²) >= 11 is 5.87. The van der Waals surface area contributed by atoms with Crippen molar-refractivity contribution >= 4 is 17.5 Å². The summed E-state index contributed by atoms with van der Waals surface area (Å²) in [6.07, 6.45) is 1.28. The predicted octanol–water partition coefficient (Wildman–Crippen LogP) is 3.14. The Hall–Kier alpha value is -1.06. The fourth-order valence-corrected chi connectivity index (χ4v) is 2.68. The van der Waals surface area contributed by atoms with E-state index in [1.807, 2.05) is 11.9 Å². The van der Waals surface area contributed by atoms with Crippen LogP contribution in [-0.2, 0) is 0 Å². The standard InChI is InChI=1S/C16H23ClN2O/c1-12(2)15(11-19-9-4-10-19)18(3)16(20)13-5-7-14(17)8-6-13/h5-8,12,15H,4,9-11H2,1-3H3. The van der Waals surface area contributed by atoms with Crippen molar-refractivity contribution in [1.82, 2.24) is 9.80 Å². The van der Waals surface area contributed by atoms with Gasteiger partial charge in [-0.2, -0.15) is 0 Å². The molecule has 4 heteroatoms. The molecule has 0 spiro atoms. The fourth-order valence-electron chi connectivity index (χ4n) is 2.56. The van der Waals surface area contributed by atoms with E-state index < -0.39 is 0 Å². The minimum absolute atomic E-state index is 0.0703. The third-order valence-electron chi connectivity index (χ3n) is 4.07. The molecule has 0 aromatic heterocycles. The Morgan fingerprint density at radius 3 is 2.35 bits per heavy atom. The van der Waals surface area contributed by atoms with Gasteiger partial charge in [0.15, 0.2) is 0 Å². The number of hydrogen-bond donors (Lipinski definition) is 0. The maximum Gasteiger partial charge on any atom is 0.253 e. The minimum atomic E-state index is 0.0703. The van der Waals surface area contributed by atoms with Crippen molar-refractivity contribution < 1.29 is 4.79 Å². The average molecular weight is 295 g/mol. The van der Waals surface area contributed by atoms with Gasteiger partial charge in [0.2, 0.25) is 0 Å². The van der Waals surface area contributed by atoms with Crippen molar-refractivity contribution in [2.75, 3.05) is 26.7 Å². The van der Waals surface area contributed by atoms with Gasteiger partial charge in [-0.3, -0.25) is 4.79 Å². The van der Waals surface area contributed by atoms with Crippen LogP contribution in [-0.4, -0.2) is 48.4 Å². The Bertz CT molecular complexity index is 454. The van der Waals surface area contributed by atoms with E-state index in [1.165, 1.54) is 6.42 Å². The maximum atomic E-state index is 12.6. The van der Waals surface area contributed by atoms with Gasteiger partial charge in [0.1, 0.15) is 0 Å². The highest BCUT2D eigenvalue weighted by molar-refractivity contribution is 6.30. The molecule has 1 fully saturated rings. The third-order valence-corrected chi connectivity index (χ3v) is 4.32. The summed E-state index contributed by atoms with van der Waals surface area (Å²) in [7, 11) is 1.90. The molecule has 20 heavy (non-hydrogen) atoms. The summed E-state index contributed by atoms with van der Waals surface area (Å²) in [5.41, 5.74) is 0.700. The first-order valence-corrected chi connectivity index (χ1v) is 7.62. The number of amides is 1. The van der Waals surface area contributed by atoms with Crippen molar-refractivity contribution in [2.45, 2.75) is 26.3 Å². The molecule has 3 nitrogen and oxygen atoms in total. The topological polar surface area (TPSA) is 23.6 Å². The molecule has 1 aliphatic rings. The van der Waals surface area contributed by atoms with Crippen LogP contribution in [0.1, 0.15) is 30.6 Å². The lowest BCUT2D eigenvalue weighted by Crippen LogP contribution is -2.51. The molecule has 1 unspecified atom stereocenters. The molecular weight excluding hydrogens is 272 g/mol. The number of benzene rings is 1. The van der Waals surface area contributed by atoms with E-state index in [0.29, 0.717) is 16.5 Å². The average Bonchev–Trinajstić information content (AvgIpc) is 2.36. The van der Waals surface area contributed by atoms with Crippen LogP contribution in [0.25, 0.3) is 0 Å². The summed E-state index contributed by atoms with van der Waals surface area (Å²) in [6.45, 7) is 7.64. The minimum Gasteiger partial charge on any atom is -0.337 e. The number of nitrogens with zero attached hydrogens (tertiary/aromatic N) is 2. The Morgan fingerprint density at radius 1 is 1.30 bits per heavy atom. The molecule has 0 saturated carbocycles. The molecule has 0 radical (unpaired) electrons. The van der Waals surface area contributed by atoms with Gasteiger partial charge < -0.3 is 9.80 Å². The number of likely N-dealkylation sites (tertiary alicyclic amines) is 1. The molecule has 1 aromatic rings. The van der Waals surface area contributed by atoms with Crippen LogP contribution in [0.5, 0.6) is 0 Å². The van der Waals surface area contributed by atoms with Crippen molar-refractivity contribution in [3.8, 4) is 0 Å². The van der Waals surface area contributed by atoms with Crippen LogP contribution < -0.4 is 0 Å². The van der Waals surface area contributed by atoms with Crippen molar-refractivity contribution in [3.63, 3.8) is 0 Å². The van der Waals surface area contributed by atoms with Gasteiger partial charge in [-0.25, -0.2) is 0 Å². The molecule has 1 amide bonds. The lowest BCUT2D eigenvalue weighted by Gasteiger charge is -2.39. The highest BCUT2D eigenvalue weighted by Crippen LogP contribution is 2.18. The van der Waals surface area contributed by atoms with E-state index in [4.69, 9.17) is 11.6 Å². The van der Waals surface area contributed by atoms with Gasteiger partial charge in [0, 0.05) is 30.2 Å². The second-order valence-corrected chi connectivity index (χ2v) is 6.32. The number of likely N-dealkylation sites (N-methyl/N-ethyl adjacent to an activating group) is 1. The van der Waals surface area contributed by atoms with E-state index >= 15 is 0 Å². The number of carbonyl (C=O) groups excluding carboxylic acids is 1. The molecule has 1 heterocycles. The number of halogens is 1. The van der Waals surface area contributed by atoms with Gasteiger partial charge in [0.25, 0.3) is 5.91 Å². The molecule has 1 atom stereocenters. The van der Waals surface area contributed by atoms with Gasteiger partial charge in [-0.15, -0.1) is 0 Å². The number of rotatable bonds is 5. The van der Waals surface area contributed by atoms with Gasteiger partial charge >= 0.3 is 0 Å². The molecule has 2 rings (SSSR count). The zero-order chi connectivity index (χ0) is 14.7. The summed E-state index contributed by atoms with van der Waals surface area (Å²) in [5.74, 6) is 0.512. The summed E-state index contributed by atoms with van der Waals surface area (Å²) in [5, 5.41) is 0.658. The lowest BCUT2D eigenvalue weighted by molar-refractivity contribution is 0.0565. The smallest absolute Gasteiger partial charge is 0.253 e. The van der Waals surface area contributed by atoms with Crippen LogP contribution in [0.15, 0.2) is 24.3 Å². The first-order valence-electron chi connectivity index (χ1n) is 7.24. The Balaban J connectivity index is 2.07. The largest absolute Gasteiger partial charge is 0.337 e. The van der Waals surface area contributed by atoms with E-state index in [1.54, 1.807) is 24.3 Å². The van der Waals surface area contributed by atoms with Gasteiger partial charge in [-0.1, -0.05) is 25.4 Å². The SMILES string of the molecule is CC(C)C(CN1CCC1)N(C)C(=O)c1ccc(Cl)cc1. The Labute approximate surface area is 126 Å². The Kier molecular flexibility index (Phi) is 5.06. The Morgan fingerprint density at radius 2 is 1.90 bits per heavy atom. The van der Waals surface area contributed by atoms with E-state index in [-0.39, 0.29) is 11.9 Å². The fraction of sp³-hybridized carbons (Fsp3) is 0.562. The van der Waals surface area contributed by atoms with Crippen LogP contribution >= 0.6 is 11.6 Å². The van der Waals surface area contributed by atoms with Crippen LogP contribution in [0.3, 0.4) is 0 Å². The highest BCUT2D eigenvalue weighted by atomic mass is 35.5. The van der Waals surface area contributed by atoms with E-state index in [0.717, 1.165) is 19.6 Å². The summed E-state index contributed by atoms with van der Waals surface area (Å²) in [4.78, 5) is 16.8. The molecule has 1 saturated heterocycles. The van der Waals surface area contributed by atoms with Crippen molar-refractivity contribution in [1.29, 1.82) is 0 Å². The molecule has 0 bridgehead atoms. The summed E-state index contributed by atoms with van der Waals surface area (Å²) in [6, 6.07) is 7.37. The second kappa shape index (κ2) is 6.59. The first-order chi connectivity index (χ1) is 9.49. The molecule has 110 valence electrons. The quantitative estimate of drug-likeness (QED) is 0.833. The zero-order valence-corrected chi connectivity index (χ0v) is 13.2. The summed E-state index contributed by atoms with van der Waals surface area (Å²) < 4.78 is 0. The van der Waals surface area contributed by atoms with Crippen molar-refractivity contribution in [2.24, 2.45) is 5.92 Å². The number of hydrogen-bond acceptors (Lipinski definition) is 2. The van der Waals surface area contributed by atoms with E-state index in [2.05, 4.69) is 18.7 Å². The normalized spacial score (nSPS) is 16.9. The van der Waals surface area contributed by atoms with Crippen molar-refractivity contribution in [3.05, 3.63) is 34.9 Å². The predicted molar refractivity (Wildman–Crippen MR) is 83.2 cm³/mol. The molecule has 0 aliphatic carbocycles.